The van der Waals surface area contributed by atoms with Crippen molar-refractivity contribution in [2.24, 2.45) is 5.92 Å². The van der Waals surface area contributed by atoms with Crippen LogP contribution in [-0.4, -0.2) is 39.6 Å². The molecule has 1 unspecified atom stereocenters. The highest BCUT2D eigenvalue weighted by atomic mass is 16.2. The first-order valence-electron chi connectivity index (χ1n) is 11.0. The van der Waals surface area contributed by atoms with Gasteiger partial charge in [-0.05, 0) is 50.3 Å². The first-order valence-corrected chi connectivity index (χ1v) is 11.0. The number of nitrogens with zero attached hydrogens (tertiary/aromatic N) is 4. The van der Waals surface area contributed by atoms with Crippen molar-refractivity contribution in [2.45, 2.75) is 45.2 Å². The molecule has 0 spiro atoms. The number of hydrogen-bond acceptors (Lipinski definition) is 5. The molecule has 7 nitrogen and oxygen atoms in total. The number of nitrogens with one attached hydrogen (secondary N) is 1. The summed E-state index contributed by atoms with van der Waals surface area (Å²) < 4.78 is 1.70. The lowest BCUT2D eigenvalue weighted by molar-refractivity contribution is -0.125. The quantitative estimate of drug-likeness (QED) is 0.690. The summed E-state index contributed by atoms with van der Waals surface area (Å²) in [6.07, 6.45) is 5.55. The van der Waals surface area contributed by atoms with Gasteiger partial charge in [0.05, 0.1) is 12.5 Å². The Kier molecular flexibility index (Phi) is 5.18. The van der Waals surface area contributed by atoms with Crippen molar-refractivity contribution >= 4 is 22.9 Å². The van der Waals surface area contributed by atoms with E-state index < -0.39 is 0 Å². The lowest BCUT2D eigenvalue weighted by Gasteiger charge is -2.32. The average molecular weight is 418 g/mol. The number of carbonyl (C=O) groups is 1. The Bertz CT molecular complexity index is 1170. The largest absolute Gasteiger partial charge is 0.353 e. The number of aryl methyl sites for hydroxylation is 1. The van der Waals surface area contributed by atoms with Gasteiger partial charge in [0.25, 0.3) is 5.56 Å². The Labute approximate surface area is 181 Å². The highest BCUT2D eigenvalue weighted by Gasteiger charge is 2.32. The van der Waals surface area contributed by atoms with Crippen molar-refractivity contribution < 1.29 is 4.79 Å². The van der Waals surface area contributed by atoms with Crippen LogP contribution in [0, 0.1) is 12.8 Å². The molecule has 1 saturated carbocycles. The van der Waals surface area contributed by atoms with E-state index in [4.69, 9.17) is 0 Å². The zero-order valence-corrected chi connectivity index (χ0v) is 17.8. The van der Waals surface area contributed by atoms with E-state index in [1.807, 2.05) is 48.2 Å². The molecule has 1 aromatic carbocycles. The fraction of sp³-hybridized carbons (Fsp3) is 0.417. The Morgan fingerprint density at radius 1 is 1.16 bits per heavy atom. The van der Waals surface area contributed by atoms with Gasteiger partial charge >= 0.3 is 0 Å². The second-order valence-corrected chi connectivity index (χ2v) is 8.73. The average Bonchev–Trinajstić information content (AvgIpc) is 3.61. The summed E-state index contributed by atoms with van der Waals surface area (Å²) in [7, 11) is 0. The molecule has 5 rings (SSSR count). The predicted octanol–water partition coefficient (Wildman–Crippen LogP) is 2.64. The molecule has 3 aromatic rings. The van der Waals surface area contributed by atoms with Gasteiger partial charge in [0.15, 0.2) is 11.5 Å². The minimum atomic E-state index is -0.157. The second-order valence-electron chi connectivity index (χ2n) is 8.73. The van der Waals surface area contributed by atoms with Crippen LogP contribution in [0.3, 0.4) is 0 Å². The Morgan fingerprint density at radius 3 is 2.74 bits per heavy atom. The van der Waals surface area contributed by atoms with Crippen LogP contribution in [0.1, 0.15) is 36.8 Å². The molecule has 1 aliphatic heterocycles. The molecule has 2 aromatic heterocycles. The normalized spacial score (nSPS) is 18.9. The van der Waals surface area contributed by atoms with Crippen LogP contribution in [0.4, 0.5) is 5.82 Å². The van der Waals surface area contributed by atoms with E-state index in [0.29, 0.717) is 36.1 Å². The van der Waals surface area contributed by atoms with Crippen molar-refractivity contribution in [2.75, 3.05) is 18.0 Å². The fourth-order valence-corrected chi connectivity index (χ4v) is 4.22. The molecule has 31 heavy (non-hydrogen) atoms. The topological polar surface area (TPSA) is 80.1 Å². The minimum Gasteiger partial charge on any atom is -0.353 e. The number of hydrogen-bond donors (Lipinski definition) is 1. The third-order valence-electron chi connectivity index (χ3n) is 6.16. The van der Waals surface area contributed by atoms with Gasteiger partial charge in [-0.25, -0.2) is 9.97 Å². The molecular weight excluding hydrogens is 390 g/mol. The van der Waals surface area contributed by atoms with Gasteiger partial charge in [-0.3, -0.25) is 14.2 Å². The van der Waals surface area contributed by atoms with Gasteiger partial charge in [-0.1, -0.05) is 29.8 Å². The summed E-state index contributed by atoms with van der Waals surface area (Å²) >= 11 is 0. The molecule has 0 radical (unpaired) electrons. The summed E-state index contributed by atoms with van der Waals surface area (Å²) in [5, 5.41) is 3.11. The van der Waals surface area contributed by atoms with Crippen molar-refractivity contribution in [3.05, 3.63) is 64.1 Å². The third-order valence-corrected chi connectivity index (χ3v) is 6.16. The van der Waals surface area contributed by atoms with E-state index in [2.05, 4.69) is 15.3 Å². The first kappa shape index (κ1) is 19.7. The van der Waals surface area contributed by atoms with Gasteiger partial charge in [0.2, 0.25) is 5.91 Å². The molecule has 2 aliphatic rings. The maximum Gasteiger partial charge on any atom is 0.295 e. The number of rotatable bonds is 5. The van der Waals surface area contributed by atoms with Crippen LogP contribution >= 0.6 is 0 Å². The number of benzene rings is 1. The van der Waals surface area contributed by atoms with Crippen molar-refractivity contribution in [3.8, 4) is 0 Å². The molecule has 1 amide bonds. The van der Waals surface area contributed by atoms with Crippen LogP contribution in [0.5, 0.6) is 0 Å². The SMILES string of the molecule is Cc1ccc(Cn2c(=O)c(N3CCCC(C(=O)NC4CC4)C3)nc3cccnc32)cc1. The Morgan fingerprint density at radius 2 is 1.97 bits per heavy atom. The zero-order valence-electron chi connectivity index (χ0n) is 17.8. The zero-order chi connectivity index (χ0) is 21.4. The summed E-state index contributed by atoms with van der Waals surface area (Å²) in [4.78, 5) is 37.3. The fourth-order valence-electron chi connectivity index (χ4n) is 4.22. The van der Waals surface area contributed by atoms with Crippen molar-refractivity contribution in [1.82, 2.24) is 19.9 Å². The molecule has 3 heterocycles. The lowest BCUT2D eigenvalue weighted by Crippen LogP contribution is -2.46. The highest BCUT2D eigenvalue weighted by Crippen LogP contribution is 2.24. The standard InChI is InChI=1S/C24H27N5O2/c1-16-6-8-17(9-7-16)14-29-21-20(5-2-12-25-21)27-22(24(29)31)28-13-3-4-18(15-28)23(30)26-19-10-11-19/h2,5-9,12,18-19H,3-4,10-11,13-15H2,1H3,(H,26,30). The van der Waals surface area contributed by atoms with E-state index in [9.17, 15) is 9.59 Å². The molecule has 7 heteroatoms. The van der Waals surface area contributed by atoms with Gasteiger partial charge in [-0.2, -0.15) is 0 Å². The first-order chi connectivity index (χ1) is 15.1. The van der Waals surface area contributed by atoms with Gasteiger partial charge in [-0.15, -0.1) is 0 Å². The van der Waals surface area contributed by atoms with Gasteiger partial charge in [0.1, 0.15) is 5.52 Å². The van der Waals surface area contributed by atoms with E-state index in [1.54, 1.807) is 10.8 Å². The van der Waals surface area contributed by atoms with Gasteiger partial charge < -0.3 is 10.2 Å². The minimum absolute atomic E-state index is 0.106. The molecule has 1 aliphatic carbocycles. The number of pyridine rings is 1. The lowest BCUT2D eigenvalue weighted by atomic mass is 9.97. The summed E-state index contributed by atoms with van der Waals surface area (Å²) in [5.41, 5.74) is 3.33. The van der Waals surface area contributed by atoms with Crippen LogP contribution in [0.15, 0.2) is 47.4 Å². The monoisotopic (exact) mass is 417 g/mol. The van der Waals surface area contributed by atoms with E-state index in [-0.39, 0.29) is 17.4 Å². The third kappa shape index (κ3) is 4.17. The van der Waals surface area contributed by atoms with E-state index >= 15 is 0 Å². The van der Waals surface area contributed by atoms with Gasteiger partial charge in [0, 0.05) is 25.3 Å². The maximum atomic E-state index is 13.5. The van der Waals surface area contributed by atoms with Crippen LogP contribution in [0.2, 0.25) is 0 Å². The molecule has 1 atom stereocenters. The van der Waals surface area contributed by atoms with E-state index in [1.165, 1.54) is 5.56 Å². The Balaban J connectivity index is 1.49. The van der Waals surface area contributed by atoms with Crippen LogP contribution < -0.4 is 15.8 Å². The molecule has 1 N–H and O–H groups in total. The number of amides is 1. The van der Waals surface area contributed by atoms with Crippen LogP contribution in [-0.2, 0) is 11.3 Å². The van der Waals surface area contributed by atoms with Crippen LogP contribution in [0.25, 0.3) is 11.2 Å². The number of aromatic nitrogens is 3. The highest BCUT2D eigenvalue weighted by molar-refractivity contribution is 5.80. The number of fused-ring (bicyclic) bond motifs is 1. The Hall–Kier alpha value is -3.22. The van der Waals surface area contributed by atoms with Crippen molar-refractivity contribution in [1.29, 1.82) is 0 Å². The summed E-state index contributed by atoms with van der Waals surface area (Å²) in [5.74, 6) is 0.414. The maximum absolute atomic E-state index is 13.5. The van der Waals surface area contributed by atoms with Crippen molar-refractivity contribution in [3.63, 3.8) is 0 Å². The summed E-state index contributed by atoms with van der Waals surface area (Å²) in [6, 6.07) is 12.2. The molecule has 160 valence electrons. The second kappa shape index (κ2) is 8.13. The smallest absolute Gasteiger partial charge is 0.295 e. The number of anilines is 1. The molecule has 2 fully saturated rings. The predicted molar refractivity (Wildman–Crippen MR) is 120 cm³/mol. The summed E-state index contributed by atoms with van der Waals surface area (Å²) in [6.45, 7) is 3.73. The van der Waals surface area contributed by atoms with E-state index in [0.717, 1.165) is 37.8 Å². The molecular formula is C24H27N5O2. The molecule has 1 saturated heterocycles. The number of carbonyl (C=O) groups excluding carboxylic acids is 1. The molecule has 0 bridgehead atoms. The number of piperidine rings is 1.